The van der Waals surface area contributed by atoms with E-state index in [0.717, 1.165) is 23.1 Å². The number of esters is 1. The van der Waals surface area contributed by atoms with Crippen LogP contribution in [0.4, 0.5) is 0 Å². The van der Waals surface area contributed by atoms with Crippen molar-refractivity contribution in [3.8, 4) is 0 Å². The Morgan fingerprint density at radius 1 is 1.60 bits per heavy atom. The Labute approximate surface area is 132 Å². The largest absolute Gasteiger partial charge is 0.465 e. The molecule has 1 aromatic carbocycles. The molecule has 0 radical (unpaired) electrons. The number of nitrogens with zero attached hydrogens (tertiary/aromatic N) is 1. The summed E-state index contributed by atoms with van der Waals surface area (Å²) in [6.07, 6.45) is 0. The summed E-state index contributed by atoms with van der Waals surface area (Å²) in [6.45, 7) is 5.26. The number of piperazine rings is 1. The summed E-state index contributed by atoms with van der Waals surface area (Å²) in [7, 11) is 0. The summed E-state index contributed by atoms with van der Waals surface area (Å²) < 4.78 is 6.11. The third kappa shape index (κ3) is 3.95. The summed E-state index contributed by atoms with van der Waals surface area (Å²) in [5.74, 6) is -0.162. The number of carbonyl (C=O) groups excluding carboxylic acids is 1. The molecule has 4 nitrogen and oxygen atoms in total. The highest BCUT2D eigenvalue weighted by molar-refractivity contribution is 9.10. The Morgan fingerprint density at radius 2 is 2.40 bits per heavy atom. The van der Waals surface area contributed by atoms with Crippen LogP contribution in [0.3, 0.4) is 0 Å². The molecule has 0 bridgehead atoms. The second-order valence-corrected chi connectivity index (χ2v) is 5.97. The standard InChI is InChI=1S/C14H18BrClN2O2/c1-2-20-14(19)13-8-17-5-6-18(13)9-10-3-4-11(16)7-12(10)15/h3-4,7,13,17H,2,5-6,8-9H2,1H3. The highest BCUT2D eigenvalue weighted by Gasteiger charge is 2.29. The highest BCUT2D eigenvalue weighted by Crippen LogP contribution is 2.24. The predicted octanol–water partition coefficient (Wildman–Crippen LogP) is 2.44. The third-order valence-electron chi connectivity index (χ3n) is 3.30. The maximum absolute atomic E-state index is 12.0. The highest BCUT2D eigenvalue weighted by atomic mass is 79.9. The maximum atomic E-state index is 12.0. The molecule has 0 aromatic heterocycles. The van der Waals surface area contributed by atoms with Gasteiger partial charge in [0, 0.05) is 35.7 Å². The fourth-order valence-electron chi connectivity index (χ4n) is 2.28. The number of ether oxygens (including phenoxy) is 1. The van der Waals surface area contributed by atoms with Crippen LogP contribution in [0.2, 0.25) is 5.02 Å². The molecule has 1 saturated heterocycles. The van der Waals surface area contributed by atoms with Gasteiger partial charge < -0.3 is 10.1 Å². The van der Waals surface area contributed by atoms with Gasteiger partial charge in [-0.3, -0.25) is 9.69 Å². The lowest BCUT2D eigenvalue weighted by atomic mass is 10.1. The smallest absolute Gasteiger partial charge is 0.324 e. The van der Waals surface area contributed by atoms with Crippen molar-refractivity contribution in [2.45, 2.75) is 19.5 Å². The second kappa shape index (κ2) is 7.41. The first kappa shape index (κ1) is 15.8. The van der Waals surface area contributed by atoms with E-state index in [1.807, 2.05) is 25.1 Å². The van der Waals surface area contributed by atoms with Crippen LogP contribution in [0, 0.1) is 0 Å². The van der Waals surface area contributed by atoms with Crippen molar-refractivity contribution < 1.29 is 9.53 Å². The van der Waals surface area contributed by atoms with Crippen molar-refractivity contribution >= 4 is 33.5 Å². The van der Waals surface area contributed by atoms with Gasteiger partial charge in [-0.1, -0.05) is 33.6 Å². The molecule has 1 atom stereocenters. The quantitative estimate of drug-likeness (QED) is 0.837. The van der Waals surface area contributed by atoms with E-state index in [-0.39, 0.29) is 12.0 Å². The summed E-state index contributed by atoms with van der Waals surface area (Å²) in [6, 6.07) is 5.49. The van der Waals surface area contributed by atoms with Crippen LogP contribution in [0.15, 0.2) is 22.7 Å². The van der Waals surface area contributed by atoms with Gasteiger partial charge in [0.2, 0.25) is 0 Å². The molecule has 0 amide bonds. The van der Waals surface area contributed by atoms with Gasteiger partial charge in [0.25, 0.3) is 0 Å². The summed E-state index contributed by atoms with van der Waals surface area (Å²) >= 11 is 9.47. The number of hydrogen-bond acceptors (Lipinski definition) is 4. The third-order valence-corrected chi connectivity index (χ3v) is 4.27. The minimum absolute atomic E-state index is 0.162. The molecule has 1 heterocycles. The summed E-state index contributed by atoms with van der Waals surface area (Å²) in [4.78, 5) is 14.1. The van der Waals surface area contributed by atoms with Crippen molar-refractivity contribution in [2.75, 3.05) is 26.2 Å². The van der Waals surface area contributed by atoms with Gasteiger partial charge in [0.1, 0.15) is 6.04 Å². The van der Waals surface area contributed by atoms with Crippen LogP contribution in [-0.4, -0.2) is 43.2 Å². The molecule has 1 aliphatic rings. The van der Waals surface area contributed by atoms with Crippen LogP contribution >= 0.6 is 27.5 Å². The average molecular weight is 362 g/mol. The minimum Gasteiger partial charge on any atom is -0.465 e. The van der Waals surface area contributed by atoms with E-state index in [1.54, 1.807) is 0 Å². The predicted molar refractivity (Wildman–Crippen MR) is 82.9 cm³/mol. The van der Waals surface area contributed by atoms with E-state index in [4.69, 9.17) is 16.3 Å². The first-order chi connectivity index (χ1) is 9.61. The molecule has 1 fully saturated rings. The fraction of sp³-hybridized carbons (Fsp3) is 0.500. The number of benzene rings is 1. The number of rotatable bonds is 4. The van der Waals surface area contributed by atoms with Crippen molar-refractivity contribution in [3.63, 3.8) is 0 Å². The van der Waals surface area contributed by atoms with Gasteiger partial charge in [-0.05, 0) is 24.6 Å². The normalized spacial score (nSPS) is 19.9. The van der Waals surface area contributed by atoms with Crippen LogP contribution in [-0.2, 0) is 16.1 Å². The summed E-state index contributed by atoms with van der Waals surface area (Å²) in [5.41, 5.74) is 1.12. The van der Waals surface area contributed by atoms with Gasteiger partial charge >= 0.3 is 5.97 Å². The van der Waals surface area contributed by atoms with Crippen LogP contribution in [0.5, 0.6) is 0 Å². The Balaban J connectivity index is 2.10. The molecule has 0 aliphatic carbocycles. The number of nitrogens with one attached hydrogen (secondary N) is 1. The van der Waals surface area contributed by atoms with Crippen LogP contribution in [0.25, 0.3) is 0 Å². The lowest BCUT2D eigenvalue weighted by Gasteiger charge is -2.34. The number of halogens is 2. The zero-order valence-corrected chi connectivity index (χ0v) is 13.7. The van der Waals surface area contributed by atoms with Gasteiger partial charge in [-0.2, -0.15) is 0 Å². The minimum atomic E-state index is -0.230. The molecular formula is C14H18BrClN2O2. The molecule has 0 spiro atoms. The monoisotopic (exact) mass is 360 g/mol. The topological polar surface area (TPSA) is 41.6 Å². The van der Waals surface area contributed by atoms with Gasteiger partial charge in [-0.15, -0.1) is 0 Å². The van der Waals surface area contributed by atoms with E-state index >= 15 is 0 Å². The van der Waals surface area contributed by atoms with Gasteiger partial charge in [0.05, 0.1) is 6.61 Å². The van der Waals surface area contributed by atoms with E-state index in [2.05, 4.69) is 26.1 Å². The molecule has 1 aliphatic heterocycles. The molecule has 110 valence electrons. The molecule has 1 N–H and O–H groups in total. The molecule has 0 saturated carbocycles. The lowest BCUT2D eigenvalue weighted by Crippen LogP contribution is -2.54. The molecule has 2 rings (SSSR count). The zero-order valence-electron chi connectivity index (χ0n) is 11.4. The van der Waals surface area contributed by atoms with Crippen molar-refractivity contribution in [3.05, 3.63) is 33.3 Å². The van der Waals surface area contributed by atoms with Crippen molar-refractivity contribution in [2.24, 2.45) is 0 Å². The SMILES string of the molecule is CCOC(=O)C1CNCCN1Cc1ccc(Cl)cc1Br. The Morgan fingerprint density at radius 3 is 3.10 bits per heavy atom. The average Bonchev–Trinajstić information content (AvgIpc) is 2.43. The molecular weight excluding hydrogens is 344 g/mol. The van der Waals surface area contributed by atoms with Gasteiger partial charge in [0.15, 0.2) is 0 Å². The fourth-order valence-corrected chi connectivity index (χ4v) is 3.08. The van der Waals surface area contributed by atoms with E-state index in [9.17, 15) is 4.79 Å². The summed E-state index contributed by atoms with van der Waals surface area (Å²) in [5, 5.41) is 3.94. The second-order valence-electron chi connectivity index (χ2n) is 4.68. The zero-order chi connectivity index (χ0) is 14.5. The number of hydrogen-bond donors (Lipinski definition) is 1. The molecule has 20 heavy (non-hydrogen) atoms. The van der Waals surface area contributed by atoms with E-state index in [0.29, 0.717) is 24.7 Å². The van der Waals surface area contributed by atoms with Gasteiger partial charge in [-0.25, -0.2) is 0 Å². The molecule has 6 heteroatoms. The molecule has 1 unspecified atom stereocenters. The molecule has 1 aromatic rings. The van der Waals surface area contributed by atoms with E-state index < -0.39 is 0 Å². The maximum Gasteiger partial charge on any atom is 0.324 e. The Bertz CT molecular complexity index is 484. The van der Waals surface area contributed by atoms with Crippen molar-refractivity contribution in [1.82, 2.24) is 10.2 Å². The first-order valence-corrected chi connectivity index (χ1v) is 7.84. The van der Waals surface area contributed by atoms with Crippen LogP contribution < -0.4 is 5.32 Å². The lowest BCUT2D eigenvalue weighted by molar-refractivity contribution is -0.150. The Kier molecular flexibility index (Phi) is 5.84. The van der Waals surface area contributed by atoms with Crippen molar-refractivity contribution in [1.29, 1.82) is 0 Å². The first-order valence-electron chi connectivity index (χ1n) is 6.67. The Hall–Kier alpha value is -0.620. The van der Waals surface area contributed by atoms with E-state index in [1.165, 1.54) is 0 Å². The van der Waals surface area contributed by atoms with Crippen LogP contribution in [0.1, 0.15) is 12.5 Å². The number of carbonyl (C=O) groups is 1.